The molecule has 0 saturated heterocycles. The molecule has 1 N–H and O–H groups in total. The maximum absolute atomic E-state index is 6.23. The van der Waals surface area contributed by atoms with E-state index < -0.39 is 0 Å². The smallest absolute Gasteiger partial charge is 0.161 e. The summed E-state index contributed by atoms with van der Waals surface area (Å²) in [5, 5.41) is 4.86. The topological polar surface area (TPSA) is 50.2 Å². The first-order valence-corrected chi connectivity index (χ1v) is 7.72. The SMILES string of the molecule is CC1CCSC(Nc2c(Cl)ccc3nsnc23)=N1. The van der Waals surface area contributed by atoms with Gasteiger partial charge in [-0.15, -0.1) is 0 Å². The summed E-state index contributed by atoms with van der Waals surface area (Å²) in [4.78, 5) is 4.57. The molecule has 0 fully saturated rings. The summed E-state index contributed by atoms with van der Waals surface area (Å²) >= 11 is 9.14. The van der Waals surface area contributed by atoms with Crippen molar-refractivity contribution < 1.29 is 0 Å². The van der Waals surface area contributed by atoms with Crippen molar-refractivity contribution in [3.05, 3.63) is 17.2 Å². The van der Waals surface area contributed by atoms with Gasteiger partial charge in [0, 0.05) is 5.75 Å². The van der Waals surface area contributed by atoms with E-state index >= 15 is 0 Å². The molecule has 18 heavy (non-hydrogen) atoms. The minimum Gasteiger partial charge on any atom is -0.332 e. The molecule has 2 aromatic rings. The van der Waals surface area contributed by atoms with E-state index in [1.165, 1.54) is 11.7 Å². The summed E-state index contributed by atoms with van der Waals surface area (Å²) in [7, 11) is 0. The van der Waals surface area contributed by atoms with E-state index in [4.69, 9.17) is 11.6 Å². The molecule has 0 spiro atoms. The molecule has 1 aliphatic heterocycles. The van der Waals surface area contributed by atoms with Crippen LogP contribution in [-0.2, 0) is 0 Å². The molecular weight excluding hydrogens is 288 g/mol. The van der Waals surface area contributed by atoms with Crippen molar-refractivity contribution in [2.45, 2.75) is 19.4 Å². The van der Waals surface area contributed by atoms with Crippen molar-refractivity contribution in [2.75, 3.05) is 11.1 Å². The zero-order chi connectivity index (χ0) is 12.5. The highest BCUT2D eigenvalue weighted by atomic mass is 35.5. The van der Waals surface area contributed by atoms with Gasteiger partial charge in [-0.05, 0) is 25.5 Å². The van der Waals surface area contributed by atoms with Crippen LogP contribution >= 0.6 is 35.1 Å². The number of hydrogen-bond donors (Lipinski definition) is 1. The molecule has 0 aliphatic carbocycles. The number of aliphatic imine (C=N–C) groups is 1. The Balaban J connectivity index is 1.99. The molecule has 3 rings (SSSR count). The molecule has 0 amide bonds. The van der Waals surface area contributed by atoms with E-state index in [9.17, 15) is 0 Å². The zero-order valence-electron chi connectivity index (χ0n) is 9.68. The van der Waals surface area contributed by atoms with Gasteiger partial charge in [0.05, 0.1) is 28.5 Å². The fourth-order valence-electron chi connectivity index (χ4n) is 1.75. The predicted octanol–water partition coefficient (Wildman–Crippen LogP) is 3.64. The van der Waals surface area contributed by atoms with Gasteiger partial charge in [0.15, 0.2) is 5.17 Å². The third-order valence-corrected chi connectivity index (χ3v) is 4.50. The average Bonchev–Trinajstić information content (AvgIpc) is 2.81. The molecule has 1 aliphatic rings. The summed E-state index contributed by atoms with van der Waals surface area (Å²) in [5.41, 5.74) is 2.48. The Morgan fingerprint density at radius 2 is 2.28 bits per heavy atom. The van der Waals surface area contributed by atoms with Crippen LogP contribution in [-0.4, -0.2) is 25.7 Å². The summed E-state index contributed by atoms with van der Waals surface area (Å²) < 4.78 is 8.50. The molecule has 1 aromatic carbocycles. The highest BCUT2D eigenvalue weighted by molar-refractivity contribution is 8.14. The van der Waals surface area contributed by atoms with E-state index in [0.717, 1.165) is 34.1 Å². The highest BCUT2D eigenvalue weighted by Gasteiger charge is 2.15. The maximum atomic E-state index is 6.23. The van der Waals surface area contributed by atoms with E-state index in [1.54, 1.807) is 11.8 Å². The second kappa shape index (κ2) is 5.03. The predicted molar refractivity (Wildman–Crippen MR) is 80.0 cm³/mol. The van der Waals surface area contributed by atoms with Crippen LogP contribution < -0.4 is 5.32 Å². The van der Waals surface area contributed by atoms with Crippen molar-refractivity contribution >= 4 is 57.0 Å². The number of halogens is 1. The van der Waals surface area contributed by atoms with Gasteiger partial charge in [-0.2, -0.15) is 8.75 Å². The maximum Gasteiger partial charge on any atom is 0.161 e. The summed E-state index contributed by atoms with van der Waals surface area (Å²) in [6.07, 6.45) is 1.12. The van der Waals surface area contributed by atoms with Gasteiger partial charge in [-0.25, -0.2) is 0 Å². The van der Waals surface area contributed by atoms with Crippen LogP contribution in [0, 0.1) is 0 Å². The number of fused-ring (bicyclic) bond motifs is 1. The van der Waals surface area contributed by atoms with Gasteiger partial charge in [0.2, 0.25) is 0 Å². The fourth-order valence-corrected chi connectivity index (χ4v) is 3.57. The lowest BCUT2D eigenvalue weighted by Crippen LogP contribution is -2.18. The summed E-state index contributed by atoms with van der Waals surface area (Å²) in [5.74, 6) is 1.08. The van der Waals surface area contributed by atoms with Crippen molar-refractivity contribution in [1.29, 1.82) is 0 Å². The third kappa shape index (κ3) is 2.32. The standard InChI is InChI=1S/C11H11ClN4S2/c1-6-4-5-17-11(13-6)14-9-7(12)2-3-8-10(9)16-18-15-8/h2-3,6H,4-5H2,1H3,(H,13,14). The number of nitrogens with zero attached hydrogens (tertiary/aromatic N) is 3. The molecule has 0 radical (unpaired) electrons. The van der Waals surface area contributed by atoms with Crippen LogP contribution in [0.15, 0.2) is 17.1 Å². The van der Waals surface area contributed by atoms with Crippen LogP contribution in [0.25, 0.3) is 11.0 Å². The molecule has 0 saturated carbocycles. The van der Waals surface area contributed by atoms with Crippen LogP contribution in [0.3, 0.4) is 0 Å². The minimum absolute atomic E-state index is 0.361. The lowest BCUT2D eigenvalue weighted by Gasteiger charge is -2.18. The molecule has 94 valence electrons. The number of anilines is 1. The van der Waals surface area contributed by atoms with Gasteiger partial charge >= 0.3 is 0 Å². The van der Waals surface area contributed by atoms with Gasteiger partial charge in [-0.1, -0.05) is 23.4 Å². The van der Waals surface area contributed by atoms with E-state index in [2.05, 4.69) is 26.0 Å². The molecule has 1 aromatic heterocycles. The minimum atomic E-state index is 0.361. The fraction of sp³-hybridized carbons (Fsp3) is 0.364. The Bertz CT molecular complexity index is 610. The Morgan fingerprint density at radius 3 is 3.11 bits per heavy atom. The van der Waals surface area contributed by atoms with Crippen LogP contribution in [0.2, 0.25) is 5.02 Å². The summed E-state index contributed by atoms with van der Waals surface area (Å²) in [6, 6.07) is 4.08. The molecular formula is C11H11ClN4S2. The molecule has 1 unspecified atom stereocenters. The number of nitrogens with one attached hydrogen (secondary N) is 1. The van der Waals surface area contributed by atoms with Crippen molar-refractivity contribution in [1.82, 2.24) is 8.75 Å². The van der Waals surface area contributed by atoms with Gasteiger partial charge in [0.1, 0.15) is 11.0 Å². The zero-order valence-corrected chi connectivity index (χ0v) is 12.1. The Kier molecular flexibility index (Phi) is 3.41. The molecule has 4 nitrogen and oxygen atoms in total. The van der Waals surface area contributed by atoms with E-state index in [0.29, 0.717) is 11.1 Å². The van der Waals surface area contributed by atoms with Crippen LogP contribution in [0.1, 0.15) is 13.3 Å². The molecule has 0 bridgehead atoms. The van der Waals surface area contributed by atoms with Crippen molar-refractivity contribution in [2.24, 2.45) is 4.99 Å². The van der Waals surface area contributed by atoms with Crippen LogP contribution in [0.4, 0.5) is 5.69 Å². The number of hydrogen-bond acceptors (Lipinski definition) is 6. The van der Waals surface area contributed by atoms with Crippen molar-refractivity contribution in [3.8, 4) is 0 Å². The first-order chi connectivity index (χ1) is 8.74. The third-order valence-electron chi connectivity index (χ3n) is 2.72. The Morgan fingerprint density at radius 1 is 1.39 bits per heavy atom. The van der Waals surface area contributed by atoms with Gasteiger partial charge in [-0.3, -0.25) is 4.99 Å². The second-order valence-electron chi connectivity index (χ2n) is 4.10. The number of benzene rings is 1. The quantitative estimate of drug-likeness (QED) is 0.873. The molecule has 2 heterocycles. The number of amidine groups is 1. The normalized spacial score (nSPS) is 19.9. The summed E-state index contributed by atoms with van der Waals surface area (Å²) in [6.45, 7) is 2.12. The molecule has 7 heteroatoms. The number of aromatic nitrogens is 2. The Hall–Kier alpha value is -0.850. The van der Waals surface area contributed by atoms with E-state index in [1.807, 2.05) is 12.1 Å². The first kappa shape index (κ1) is 12.2. The number of rotatable bonds is 1. The largest absolute Gasteiger partial charge is 0.332 e. The van der Waals surface area contributed by atoms with Crippen molar-refractivity contribution in [3.63, 3.8) is 0 Å². The molecule has 1 atom stereocenters. The Labute approximate surface area is 118 Å². The van der Waals surface area contributed by atoms with Crippen LogP contribution in [0.5, 0.6) is 0 Å². The van der Waals surface area contributed by atoms with Gasteiger partial charge in [0.25, 0.3) is 0 Å². The lowest BCUT2D eigenvalue weighted by atomic mass is 10.2. The van der Waals surface area contributed by atoms with Gasteiger partial charge < -0.3 is 5.32 Å². The lowest BCUT2D eigenvalue weighted by molar-refractivity contribution is 0.720. The highest BCUT2D eigenvalue weighted by Crippen LogP contribution is 2.31. The number of thioether (sulfide) groups is 1. The monoisotopic (exact) mass is 298 g/mol. The first-order valence-electron chi connectivity index (χ1n) is 5.62. The second-order valence-corrected chi connectivity index (χ2v) is 6.12. The van der Waals surface area contributed by atoms with E-state index in [-0.39, 0.29) is 0 Å². The average molecular weight is 299 g/mol.